The van der Waals surface area contributed by atoms with Crippen molar-refractivity contribution >= 4 is 15.9 Å². The molecule has 1 N–H and O–H groups in total. The average Bonchev–Trinajstić information content (AvgIpc) is 2.78. The summed E-state index contributed by atoms with van der Waals surface area (Å²) in [6.45, 7) is 1.68. The lowest BCUT2D eigenvalue weighted by atomic mass is 10.1. The van der Waals surface area contributed by atoms with Gasteiger partial charge in [-0.25, -0.2) is 12.8 Å². The Morgan fingerprint density at radius 1 is 1.16 bits per heavy atom. The van der Waals surface area contributed by atoms with E-state index < -0.39 is 10.0 Å². The number of carbonyl (C=O) groups excluding carboxylic acids is 1. The quantitative estimate of drug-likeness (QED) is 0.581. The van der Waals surface area contributed by atoms with Crippen molar-refractivity contribution in [3.05, 3.63) is 53.8 Å². The van der Waals surface area contributed by atoms with E-state index in [0.717, 1.165) is 0 Å². The first-order valence-corrected chi connectivity index (χ1v) is 11.2. The lowest BCUT2D eigenvalue weighted by Crippen LogP contribution is -2.40. The van der Waals surface area contributed by atoms with Gasteiger partial charge in [-0.2, -0.15) is 4.31 Å². The summed E-state index contributed by atoms with van der Waals surface area (Å²) in [6.07, 6.45) is 0.00612. The second kappa shape index (κ2) is 10.6. The van der Waals surface area contributed by atoms with E-state index in [9.17, 15) is 17.6 Å². The van der Waals surface area contributed by atoms with E-state index in [1.807, 2.05) is 0 Å². The van der Waals surface area contributed by atoms with Gasteiger partial charge in [0.25, 0.3) is 0 Å². The van der Waals surface area contributed by atoms with Gasteiger partial charge in [-0.1, -0.05) is 6.07 Å². The van der Waals surface area contributed by atoms with Crippen LogP contribution >= 0.6 is 0 Å². The first-order valence-electron chi connectivity index (χ1n) is 9.80. The summed E-state index contributed by atoms with van der Waals surface area (Å²) in [4.78, 5) is 12.3. The number of rotatable bonds is 9. The van der Waals surface area contributed by atoms with Gasteiger partial charge >= 0.3 is 0 Å². The molecule has 10 heteroatoms. The minimum absolute atomic E-state index is 0.00612. The van der Waals surface area contributed by atoms with E-state index in [2.05, 4.69) is 5.32 Å². The van der Waals surface area contributed by atoms with Crippen LogP contribution in [0.25, 0.3) is 0 Å². The average molecular weight is 453 g/mol. The predicted molar refractivity (Wildman–Crippen MR) is 111 cm³/mol. The first-order chi connectivity index (χ1) is 14.9. The summed E-state index contributed by atoms with van der Waals surface area (Å²) in [7, 11) is -2.36. The maximum atomic E-state index is 13.0. The molecule has 1 heterocycles. The summed E-state index contributed by atoms with van der Waals surface area (Å²) < 4.78 is 56.2. The number of nitrogens with one attached hydrogen (secondary N) is 1. The third kappa shape index (κ3) is 6.16. The molecule has 0 radical (unpaired) electrons. The molecule has 0 aromatic heterocycles. The fourth-order valence-corrected chi connectivity index (χ4v) is 4.71. The van der Waals surface area contributed by atoms with E-state index in [1.54, 1.807) is 12.1 Å². The van der Waals surface area contributed by atoms with E-state index in [1.165, 1.54) is 41.7 Å². The fourth-order valence-electron chi connectivity index (χ4n) is 3.10. The Hall–Kier alpha value is -2.69. The van der Waals surface area contributed by atoms with Gasteiger partial charge in [0.2, 0.25) is 15.9 Å². The molecular formula is C21H25FN2O6S. The maximum absolute atomic E-state index is 13.0. The predicted octanol–water partition coefficient (Wildman–Crippen LogP) is 1.59. The van der Waals surface area contributed by atoms with Crippen molar-refractivity contribution < 1.29 is 31.8 Å². The molecule has 168 valence electrons. The molecule has 1 aliphatic rings. The zero-order chi connectivity index (χ0) is 22.3. The molecule has 3 rings (SSSR count). The summed E-state index contributed by atoms with van der Waals surface area (Å²) >= 11 is 0. The molecule has 0 atom stereocenters. The molecular weight excluding hydrogens is 427 g/mol. The molecule has 31 heavy (non-hydrogen) atoms. The highest BCUT2D eigenvalue weighted by molar-refractivity contribution is 7.89. The number of benzene rings is 2. The molecule has 0 aliphatic carbocycles. The third-order valence-corrected chi connectivity index (χ3v) is 6.61. The number of morpholine rings is 1. The SMILES string of the molecule is COc1ccc(CC(=O)NCCOc2ccc(F)cc2)cc1S(=O)(=O)N1CCOCC1. The number of hydrogen-bond acceptors (Lipinski definition) is 6. The molecule has 2 aromatic carbocycles. The van der Waals surface area contributed by atoms with Gasteiger partial charge < -0.3 is 19.5 Å². The lowest BCUT2D eigenvalue weighted by Gasteiger charge is -2.26. The number of nitrogens with zero attached hydrogens (tertiary/aromatic N) is 1. The molecule has 0 bridgehead atoms. The second-order valence-corrected chi connectivity index (χ2v) is 8.74. The second-order valence-electron chi connectivity index (χ2n) is 6.83. The molecule has 0 spiro atoms. The van der Waals surface area contributed by atoms with Gasteiger partial charge in [-0.05, 0) is 42.0 Å². The van der Waals surface area contributed by atoms with E-state index in [4.69, 9.17) is 14.2 Å². The first kappa shape index (κ1) is 23.0. The molecule has 0 saturated carbocycles. The van der Waals surface area contributed by atoms with Gasteiger partial charge in [0.05, 0.1) is 33.3 Å². The molecule has 1 saturated heterocycles. The summed E-state index contributed by atoms with van der Waals surface area (Å²) in [5, 5.41) is 2.72. The van der Waals surface area contributed by atoms with Crippen LogP contribution in [0.4, 0.5) is 4.39 Å². The summed E-state index contributed by atoms with van der Waals surface area (Å²) in [5.41, 5.74) is 0.546. The van der Waals surface area contributed by atoms with Crippen LogP contribution in [0.1, 0.15) is 5.56 Å². The number of methoxy groups -OCH3 is 1. The van der Waals surface area contributed by atoms with Crippen LogP contribution in [0.15, 0.2) is 47.4 Å². The summed E-state index contributed by atoms with van der Waals surface area (Å²) in [5.74, 6) is 0.102. The van der Waals surface area contributed by atoms with Gasteiger partial charge in [-0.3, -0.25) is 4.79 Å². The van der Waals surface area contributed by atoms with Gasteiger partial charge in [-0.15, -0.1) is 0 Å². The maximum Gasteiger partial charge on any atom is 0.246 e. The van der Waals surface area contributed by atoms with E-state index in [-0.39, 0.29) is 55.0 Å². The molecule has 1 amide bonds. The van der Waals surface area contributed by atoms with Crippen molar-refractivity contribution in [2.45, 2.75) is 11.3 Å². The standard InChI is InChI=1S/C21H25FN2O6S/c1-28-19-7-2-16(14-20(19)31(26,27)24-9-12-29-13-10-24)15-21(25)23-8-11-30-18-5-3-17(22)4-6-18/h2-7,14H,8-13,15H2,1H3,(H,23,25). The van der Waals surface area contributed by atoms with Crippen molar-refractivity contribution in [1.29, 1.82) is 0 Å². The minimum atomic E-state index is -3.77. The monoisotopic (exact) mass is 452 g/mol. The van der Waals surface area contributed by atoms with Crippen molar-refractivity contribution in [3.63, 3.8) is 0 Å². The van der Waals surface area contributed by atoms with Gasteiger partial charge in [0, 0.05) is 13.1 Å². The molecule has 1 aliphatic heterocycles. The van der Waals surface area contributed by atoms with Gasteiger partial charge in [0.1, 0.15) is 28.8 Å². The van der Waals surface area contributed by atoms with Crippen LogP contribution in [-0.4, -0.2) is 65.2 Å². The van der Waals surface area contributed by atoms with Gasteiger partial charge in [0.15, 0.2) is 0 Å². The Labute approximate surface area is 181 Å². The third-order valence-electron chi connectivity index (χ3n) is 4.69. The largest absolute Gasteiger partial charge is 0.495 e. The van der Waals surface area contributed by atoms with Crippen molar-refractivity contribution in [3.8, 4) is 11.5 Å². The van der Waals surface area contributed by atoms with Crippen molar-refractivity contribution in [2.75, 3.05) is 46.6 Å². The van der Waals surface area contributed by atoms with Crippen LogP contribution in [0.5, 0.6) is 11.5 Å². The Kier molecular flexibility index (Phi) is 7.83. The number of sulfonamides is 1. The molecule has 1 fully saturated rings. The fraction of sp³-hybridized carbons (Fsp3) is 0.381. The Morgan fingerprint density at radius 2 is 1.87 bits per heavy atom. The zero-order valence-electron chi connectivity index (χ0n) is 17.2. The van der Waals surface area contributed by atoms with E-state index in [0.29, 0.717) is 24.5 Å². The zero-order valence-corrected chi connectivity index (χ0v) is 18.0. The van der Waals surface area contributed by atoms with Crippen molar-refractivity contribution in [1.82, 2.24) is 9.62 Å². The highest BCUT2D eigenvalue weighted by atomic mass is 32.2. The topological polar surface area (TPSA) is 94.2 Å². The number of amides is 1. The van der Waals surface area contributed by atoms with Crippen molar-refractivity contribution in [2.24, 2.45) is 0 Å². The highest BCUT2D eigenvalue weighted by Gasteiger charge is 2.29. The van der Waals surface area contributed by atoms with Crippen LogP contribution in [0.2, 0.25) is 0 Å². The Bertz CT molecular complexity index is 991. The Morgan fingerprint density at radius 3 is 2.55 bits per heavy atom. The summed E-state index contributed by atoms with van der Waals surface area (Å²) in [6, 6.07) is 10.3. The number of hydrogen-bond donors (Lipinski definition) is 1. The van der Waals surface area contributed by atoms with Crippen LogP contribution in [-0.2, 0) is 26.0 Å². The van der Waals surface area contributed by atoms with Crippen LogP contribution in [0.3, 0.4) is 0 Å². The number of ether oxygens (including phenoxy) is 3. The minimum Gasteiger partial charge on any atom is -0.495 e. The van der Waals surface area contributed by atoms with E-state index >= 15 is 0 Å². The molecule has 2 aromatic rings. The Balaban J connectivity index is 1.58. The molecule has 0 unspecified atom stereocenters. The number of halogens is 1. The number of carbonyl (C=O) groups is 1. The van der Waals surface area contributed by atoms with Crippen LogP contribution in [0, 0.1) is 5.82 Å². The molecule has 8 nitrogen and oxygen atoms in total. The smallest absolute Gasteiger partial charge is 0.246 e. The lowest BCUT2D eigenvalue weighted by molar-refractivity contribution is -0.120. The van der Waals surface area contributed by atoms with Crippen LogP contribution < -0.4 is 14.8 Å². The highest BCUT2D eigenvalue weighted by Crippen LogP contribution is 2.28. The normalized spacial score (nSPS) is 14.8.